The van der Waals surface area contributed by atoms with Crippen molar-refractivity contribution < 1.29 is 9.53 Å². The normalized spacial score (nSPS) is 12.5. The van der Waals surface area contributed by atoms with Gasteiger partial charge in [-0.1, -0.05) is 35.9 Å². The summed E-state index contributed by atoms with van der Waals surface area (Å²) in [7, 11) is 0. The molecule has 0 saturated heterocycles. The number of anilines is 2. The van der Waals surface area contributed by atoms with E-state index in [1.54, 1.807) is 13.1 Å². The fraction of sp³-hybridized carbons (Fsp3) is 0.250. The first-order valence-electron chi connectivity index (χ1n) is 9.91. The molecule has 3 aromatic rings. The van der Waals surface area contributed by atoms with Gasteiger partial charge in [-0.05, 0) is 78.3 Å². The predicted molar refractivity (Wildman–Crippen MR) is 117 cm³/mol. The van der Waals surface area contributed by atoms with Crippen molar-refractivity contribution in [2.24, 2.45) is 0 Å². The lowest BCUT2D eigenvalue weighted by atomic mass is 9.98. The lowest BCUT2D eigenvalue weighted by molar-refractivity contribution is -0.142. The van der Waals surface area contributed by atoms with Gasteiger partial charge in [0.1, 0.15) is 5.82 Å². The van der Waals surface area contributed by atoms with Crippen LogP contribution < -0.4 is 5.32 Å². The Morgan fingerprint density at radius 2 is 2.03 bits per heavy atom. The van der Waals surface area contributed by atoms with Crippen molar-refractivity contribution in [3.05, 3.63) is 76.4 Å². The Kier molecular flexibility index (Phi) is 5.81. The second-order valence-electron chi connectivity index (χ2n) is 7.18. The molecule has 0 unspecified atom stereocenters. The number of nitrogens with zero attached hydrogens (tertiary/aromatic N) is 1. The number of rotatable bonds is 6. The Bertz CT molecular complexity index is 1030. The lowest BCUT2D eigenvalue weighted by Gasteiger charge is -2.14. The molecule has 0 fully saturated rings. The van der Waals surface area contributed by atoms with Gasteiger partial charge in [0, 0.05) is 16.9 Å². The standard InChI is InChI=1S/C24H23ClN2O2/c1-2-29-24(28)11-16-9-10-23(26-15-16)27-22-14-19(12-18-6-4-8-21(18)22)17-5-3-7-20(25)13-17/h3,5,7,9-10,12-15H,2,4,6,8,11H2,1H3,(H,26,27). The van der Waals surface area contributed by atoms with Gasteiger partial charge in [-0.3, -0.25) is 4.79 Å². The maximum absolute atomic E-state index is 11.6. The third kappa shape index (κ3) is 4.60. The molecule has 5 heteroatoms. The molecule has 2 aromatic carbocycles. The van der Waals surface area contributed by atoms with Crippen molar-refractivity contribution >= 4 is 29.1 Å². The Morgan fingerprint density at radius 3 is 2.79 bits per heavy atom. The van der Waals surface area contributed by atoms with Crippen LogP contribution in [-0.4, -0.2) is 17.6 Å². The Morgan fingerprint density at radius 1 is 1.14 bits per heavy atom. The highest BCUT2D eigenvalue weighted by Crippen LogP contribution is 2.36. The minimum absolute atomic E-state index is 0.234. The minimum atomic E-state index is -0.234. The van der Waals surface area contributed by atoms with Gasteiger partial charge in [-0.2, -0.15) is 0 Å². The summed E-state index contributed by atoms with van der Waals surface area (Å²) in [5, 5.41) is 4.21. The first kappa shape index (κ1) is 19.5. The van der Waals surface area contributed by atoms with Crippen LogP contribution in [-0.2, 0) is 28.8 Å². The van der Waals surface area contributed by atoms with Crippen LogP contribution in [0.25, 0.3) is 11.1 Å². The quantitative estimate of drug-likeness (QED) is 0.530. The highest BCUT2D eigenvalue weighted by molar-refractivity contribution is 6.30. The Hall–Kier alpha value is -2.85. The number of pyridine rings is 1. The molecule has 4 rings (SSSR count). The molecular formula is C24H23ClN2O2. The molecule has 1 aliphatic rings. The number of aromatic nitrogens is 1. The zero-order chi connectivity index (χ0) is 20.2. The molecular weight excluding hydrogens is 384 g/mol. The average Bonchev–Trinajstić information content (AvgIpc) is 3.19. The number of fused-ring (bicyclic) bond motifs is 1. The summed E-state index contributed by atoms with van der Waals surface area (Å²) in [6.07, 6.45) is 5.27. The zero-order valence-corrected chi connectivity index (χ0v) is 17.1. The SMILES string of the molecule is CCOC(=O)Cc1ccc(Nc2cc(-c3cccc(Cl)c3)cc3c2CCC3)nc1. The van der Waals surface area contributed by atoms with Gasteiger partial charge in [-0.15, -0.1) is 0 Å². The van der Waals surface area contributed by atoms with Gasteiger partial charge >= 0.3 is 5.97 Å². The second kappa shape index (κ2) is 8.66. The van der Waals surface area contributed by atoms with Crippen LogP contribution in [0.1, 0.15) is 30.0 Å². The first-order valence-corrected chi connectivity index (χ1v) is 10.3. The van der Waals surface area contributed by atoms with E-state index in [4.69, 9.17) is 16.3 Å². The maximum atomic E-state index is 11.6. The van der Waals surface area contributed by atoms with Crippen molar-refractivity contribution in [3.8, 4) is 11.1 Å². The molecule has 0 amide bonds. The van der Waals surface area contributed by atoms with E-state index in [2.05, 4.69) is 28.5 Å². The summed E-state index contributed by atoms with van der Waals surface area (Å²) in [6.45, 7) is 2.19. The number of aryl methyl sites for hydroxylation is 1. The second-order valence-corrected chi connectivity index (χ2v) is 7.62. The summed E-state index contributed by atoms with van der Waals surface area (Å²) in [5.74, 6) is 0.525. The minimum Gasteiger partial charge on any atom is -0.466 e. The van der Waals surface area contributed by atoms with E-state index in [1.165, 1.54) is 11.1 Å². The molecule has 0 bridgehead atoms. The maximum Gasteiger partial charge on any atom is 0.310 e. The van der Waals surface area contributed by atoms with Crippen molar-refractivity contribution in [3.63, 3.8) is 0 Å². The van der Waals surface area contributed by atoms with E-state index in [0.29, 0.717) is 6.61 Å². The molecule has 0 atom stereocenters. The summed E-state index contributed by atoms with van der Waals surface area (Å²) < 4.78 is 4.99. The molecule has 29 heavy (non-hydrogen) atoms. The van der Waals surface area contributed by atoms with Crippen molar-refractivity contribution in [1.29, 1.82) is 0 Å². The van der Waals surface area contributed by atoms with E-state index in [-0.39, 0.29) is 12.4 Å². The zero-order valence-electron chi connectivity index (χ0n) is 16.4. The molecule has 1 heterocycles. The van der Waals surface area contributed by atoms with E-state index < -0.39 is 0 Å². The third-order valence-electron chi connectivity index (χ3n) is 5.11. The number of carbonyl (C=O) groups is 1. The van der Waals surface area contributed by atoms with E-state index in [9.17, 15) is 4.79 Å². The molecule has 0 radical (unpaired) electrons. The molecule has 0 spiro atoms. The van der Waals surface area contributed by atoms with Crippen LogP contribution in [0.2, 0.25) is 5.02 Å². The fourth-order valence-electron chi connectivity index (χ4n) is 3.77. The van der Waals surface area contributed by atoms with E-state index >= 15 is 0 Å². The molecule has 1 aliphatic carbocycles. The first-order chi connectivity index (χ1) is 14.1. The number of carbonyl (C=O) groups excluding carboxylic acids is 1. The number of benzene rings is 2. The number of esters is 1. The smallest absolute Gasteiger partial charge is 0.310 e. The van der Waals surface area contributed by atoms with Crippen molar-refractivity contribution in [1.82, 2.24) is 4.98 Å². The number of hydrogen-bond acceptors (Lipinski definition) is 4. The fourth-order valence-corrected chi connectivity index (χ4v) is 3.96. The predicted octanol–water partition coefficient (Wildman–Crippen LogP) is 5.74. The monoisotopic (exact) mass is 406 g/mol. The summed E-state index contributed by atoms with van der Waals surface area (Å²) in [4.78, 5) is 16.1. The average molecular weight is 407 g/mol. The van der Waals surface area contributed by atoms with Crippen LogP contribution in [0.4, 0.5) is 11.5 Å². The van der Waals surface area contributed by atoms with E-state index in [0.717, 1.165) is 52.5 Å². The highest BCUT2D eigenvalue weighted by atomic mass is 35.5. The molecule has 4 nitrogen and oxygen atoms in total. The van der Waals surface area contributed by atoms with Crippen LogP contribution in [0.15, 0.2) is 54.7 Å². The van der Waals surface area contributed by atoms with Crippen LogP contribution in [0, 0.1) is 0 Å². The van der Waals surface area contributed by atoms with Gasteiger partial charge in [0.05, 0.1) is 13.0 Å². The molecule has 0 aliphatic heterocycles. The molecule has 148 valence electrons. The summed E-state index contributed by atoms with van der Waals surface area (Å²) in [6, 6.07) is 16.2. The van der Waals surface area contributed by atoms with Crippen LogP contribution in [0.3, 0.4) is 0 Å². The van der Waals surface area contributed by atoms with Gasteiger partial charge in [0.2, 0.25) is 0 Å². The molecule has 1 N–H and O–H groups in total. The van der Waals surface area contributed by atoms with Gasteiger partial charge < -0.3 is 10.1 Å². The Balaban J connectivity index is 1.59. The topological polar surface area (TPSA) is 51.2 Å². The van der Waals surface area contributed by atoms with Crippen molar-refractivity contribution in [2.75, 3.05) is 11.9 Å². The number of halogens is 1. The molecule has 1 aromatic heterocycles. The highest BCUT2D eigenvalue weighted by Gasteiger charge is 2.17. The summed E-state index contributed by atoms with van der Waals surface area (Å²) >= 11 is 6.19. The lowest BCUT2D eigenvalue weighted by Crippen LogP contribution is -2.08. The number of hydrogen-bond donors (Lipinski definition) is 1. The van der Waals surface area contributed by atoms with Gasteiger partial charge in [-0.25, -0.2) is 4.98 Å². The molecule has 0 saturated carbocycles. The summed E-state index contributed by atoms with van der Waals surface area (Å²) in [5.41, 5.74) is 6.91. The van der Waals surface area contributed by atoms with Crippen LogP contribution in [0.5, 0.6) is 0 Å². The number of nitrogens with one attached hydrogen (secondary N) is 1. The third-order valence-corrected chi connectivity index (χ3v) is 5.35. The van der Waals surface area contributed by atoms with Gasteiger partial charge in [0.15, 0.2) is 0 Å². The van der Waals surface area contributed by atoms with Crippen molar-refractivity contribution in [2.45, 2.75) is 32.6 Å². The van der Waals surface area contributed by atoms with Crippen LogP contribution >= 0.6 is 11.6 Å². The van der Waals surface area contributed by atoms with E-state index in [1.807, 2.05) is 30.3 Å². The van der Waals surface area contributed by atoms with Gasteiger partial charge in [0.25, 0.3) is 0 Å². The number of ether oxygens (including phenoxy) is 1. The largest absolute Gasteiger partial charge is 0.466 e. The Labute approximate surface area is 175 Å².